The molecule has 1 amide bonds. The number of hydrogen-bond acceptors (Lipinski definition) is 3. The van der Waals surface area contributed by atoms with Gasteiger partial charge in [0.15, 0.2) is 0 Å². The second kappa shape index (κ2) is 5.56. The number of hydrogen-bond donors (Lipinski definition) is 0. The van der Waals surface area contributed by atoms with Crippen LogP contribution in [0.25, 0.3) is 0 Å². The zero-order valence-electron chi connectivity index (χ0n) is 9.40. The summed E-state index contributed by atoms with van der Waals surface area (Å²) in [5.41, 5.74) is 0. The third-order valence-electron chi connectivity index (χ3n) is 1.94. The first kappa shape index (κ1) is 11.8. The predicted molar refractivity (Wildman–Crippen MR) is 56.3 cm³/mol. The maximum Gasteiger partial charge on any atom is 0.248 e. The van der Waals surface area contributed by atoms with E-state index >= 15 is 0 Å². The number of furan rings is 1. The smallest absolute Gasteiger partial charge is 0.248 e. The quantitative estimate of drug-likeness (QED) is 0.744. The van der Waals surface area contributed by atoms with Gasteiger partial charge in [0, 0.05) is 7.05 Å². The molecule has 1 heterocycles. The summed E-state index contributed by atoms with van der Waals surface area (Å²) < 4.78 is 10.4. The van der Waals surface area contributed by atoms with Crippen LogP contribution in [0.2, 0.25) is 0 Å². The highest BCUT2D eigenvalue weighted by Gasteiger charge is 2.11. The van der Waals surface area contributed by atoms with Crippen LogP contribution in [0, 0.1) is 0 Å². The van der Waals surface area contributed by atoms with Crippen LogP contribution >= 0.6 is 0 Å². The van der Waals surface area contributed by atoms with Gasteiger partial charge in [-0.2, -0.15) is 0 Å². The van der Waals surface area contributed by atoms with Crippen molar-refractivity contribution in [2.45, 2.75) is 26.5 Å². The normalized spacial score (nSPS) is 10.7. The predicted octanol–water partition coefficient (Wildman–Crippen LogP) is 1.66. The topological polar surface area (TPSA) is 42.7 Å². The first-order chi connectivity index (χ1) is 7.09. The van der Waals surface area contributed by atoms with E-state index in [9.17, 15) is 4.79 Å². The van der Waals surface area contributed by atoms with Crippen molar-refractivity contribution in [2.24, 2.45) is 0 Å². The van der Waals surface area contributed by atoms with Crippen LogP contribution in [-0.2, 0) is 16.1 Å². The molecular weight excluding hydrogens is 194 g/mol. The SMILES string of the molecule is CC(C)OCC(=O)N(C)Cc1ccco1. The molecule has 0 N–H and O–H groups in total. The molecule has 15 heavy (non-hydrogen) atoms. The molecule has 0 saturated carbocycles. The van der Waals surface area contributed by atoms with E-state index in [1.54, 1.807) is 24.3 Å². The highest BCUT2D eigenvalue weighted by atomic mass is 16.5. The van der Waals surface area contributed by atoms with Crippen molar-refractivity contribution >= 4 is 5.91 Å². The lowest BCUT2D eigenvalue weighted by Gasteiger charge is -2.16. The molecule has 0 aliphatic rings. The number of carbonyl (C=O) groups is 1. The number of rotatable bonds is 5. The second-order valence-corrected chi connectivity index (χ2v) is 3.69. The van der Waals surface area contributed by atoms with Gasteiger partial charge in [-0.1, -0.05) is 0 Å². The third-order valence-corrected chi connectivity index (χ3v) is 1.94. The summed E-state index contributed by atoms with van der Waals surface area (Å²) in [4.78, 5) is 13.1. The van der Waals surface area contributed by atoms with Gasteiger partial charge in [0.05, 0.1) is 18.9 Å². The third kappa shape index (κ3) is 4.16. The van der Waals surface area contributed by atoms with E-state index in [-0.39, 0.29) is 18.6 Å². The number of carbonyl (C=O) groups excluding carboxylic acids is 1. The van der Waals surface area contributed by atoms with E-state index in [4.69, 9.17) is 9.15 Å². The van der Waals surface area contributed by atoms with Crippen molar-refractivity contribution in [1.29, 1.82) is 0 Å². The number of likely N-dealkylation sites (N-methyl/N-ethyl adjacent to an activating group) is 1. The molecule has 0 bridgehead atoms. The van der Waals surface area contributed by atoms with E-state index in [1.807, 2.05) is 19.9 Å². The summed E-state index contributed by atoms with van der Waals surface area (Å²) in [7, 11) is 1.73. The molecule has 0 unspecified atom stereocenters. The summed E-state index contributed by atoms with van der Waals surface area (Å²) in [5, 5.41) is 0. The van der Waals surface area contributed by atoms with Crippen molar-refractivity contribution < 1.29 is 13.9 Å². The van der Waals surface area contributed by atoms with Gasteiger partial charge in [0.2, 0.25) is 5.91 Å². The maximum atomic E-state index is 11.5. The zero-order chi connectivity index (χ0) is 11.3. The lowest BCUT2D eigenvalue weighted by atomic mass is 10.4. The Bertz CT molecular complexity index is 293. The molecular formula is C11H17NO3. The van der Waals surface area contributed by atoms with E-state index in [0.717, 1.165) is 5.76 Å². The monoisotopic (exact) mass is 211 g/mol. The summed E-state index contributed by atoms with van der Waals surface area (Å²) in [6.45, 7) is 4.40. The van der Waals surface area contributed by atoms with Crippen LogP contribution in [0.3, 0.4) is 0 Å². The molecule has 4 heteroatoms. The average Bonchev–Trinajstić information content (AvgIpc) is 2.66. The van der Waals surface area contributed by atoms with Crippen LogP contribution in [0.1, 0.15) is 19.6 Å². The molecule has 1 rings (SSSR count). The van der Waals surface area contributed by atoms with Gasteiger partial charge < -0.3 is 14.1 Å². The Balaban J connectivity index is 2.33. The summed E-state index contributed by atoms with van der Waals surface area (Å²) in [5.74, 6) is 0.732. The Morgan fingerprint density at radius 1 is 1.60 bits per heavy atom. The van der Waals surface area contributed by atoms with Gasteiger partial charge in [-0.15, -0.1) is 0 Å². The Labute approximate surface area is 89.8 Å². The molecule has 84 valence electrons. The van der Waals surface area contributed by atoms with E-state index < -0.39 is 0 Å². The lowest BCUT2D eigenvalue weighted by Crippen LogP contribution is -2.30. The van der Waals surface area contributed by atoms with E-state index in [2.05, 4.69) is 0 Å². The first-order valence-corrected chi connectivity index (χ1v) is 4.97. The van der Waals surface area contributed by atoms with Crippen molar-refractivity contribution in [3.05, 3.63) is 24.2 Å². The van der Waals surface area contributed by atoms with Crippen molar-refractivity contribution in [3.63, 3.8) is 0 Å². The van der Waals surface area contributed by atoms with Gasteiger partial charge in [0.1, 0.15) is 12.4 Å². The van der Waals surface area contributed by atoms with Crippen LogP contribution < -0.4 is 0 Å². The Hall–Kier alpha value is -1.29. The van der Waals surface area contributed by atoms with Crippen molar-refractivity contribution in [1.82, 2.24) is 4.90 Å². The second-order valence-electron chi connectivity index (χ2n) is 3.69. The van der Waals surface area contributed by atoms with Gasteiger partial charge in [0.25, 0.3) is 0 Å². The van der Waals surface area contributed by atoms with Crippen molar-refractivity contribution in [2.75, 3.05) is 13.7 Å². The molecule has 4 nitrogen and oxygen atoms in total. The average molecular weight is 211 g/mol. The number of amides is 1. The van der Waals surface area contributed by atoms with Crippen LogP contribution in [-0.4, -0.2) is 30.6 Å². The molecule has 0 fully saturated rings. The summed E-state index contributed by atoms with van der Waals surface area (Å²) in [6.07, 6.45) is 1.67. The van der Waals surface area contributed by atoms with Gasteiger partial charge in [-0.25, -0.2) is 0 Å². The van der Waals surface area contributed by atoms with E-state index in [1.165, 1.54) is 0 Å². The molecule has 0 aliphatic carbocycles. The van der Waals surface area contributed by atoms with Crippen LogP contribution in [0.15, 0.2) is 22.8 Å². The minimum atomic E-state index is -0.0416. The highest BCUT2D eigenvalue weighted by molar-refractivity contribution is 5.77. The van der Waals surface area contributed by atoms with Gasteiger partial charge >= 0.3 is 0 Å². The van der Waals surface area contributed by atoms with Crippen molar-refractivity contribution in [3.8, 4) is 0 Å². The van der Waals surface area contributed by atoms with Gasteiger partial charge in [-0.05, 0) is 26.0 Å². The number of ether oxygens (including phenoxy) is 1. The minimum absolute atomic E-state index is 0.0416. The molecule has 1 aromatic heterocycles. The molecule has 0 aromatic carbocycles. The Kier molecular flexibility index (Phi) is 4.37. The Morgan fingerprint density at radius 2 is 2.33 bits per heavy atom. The lowest BCUT2D eigenvalue weighted by molar-refractivity contribution is -0.137. The molecule has 0 atom stereocenters. The molecule has 0 aliphatic heterocycles. The standard InChI is InChI=1S/C11H17NO3/c1-9(2)15-8-11(13)12(3)7-10-5-4-6-14-10/h4-6,9H,7-8H2,1-3H3. The largest absolute Gasteiger partial charge is 0.467 e. The summed E-state index contributed by atoms with van der Waals surface area (Å²) >= 11 is 0. The first-order valence-electron chi connectivity index (χ1n) is 4.97. The molecule has 1 aromatic rings. The minimum Gasteiger partial charge on any atom is -0.467 e. The molecule has 0 spiro atoms. The van der Waals surface area contributed by atoms with E-state index in [0.29, 0.717) is 6.54 Å². The van der Waals surface area contributed by atoms with Gasteiger partial charge in [-0.3, -0.25) is 4.79 Å². The highest BCUT2D eigenvalue weighted by Crippen LogP contribution is 2.04. The van der Waals surface area contributed by atoms with Crippen LogP contribution in [0.5, 0.6) is 0 Å². The maximum absolute atomic E-state index is 11.5. The fourth-order valence-corrected chi connectivity index (χ4v) is 1.07. The fraction of sp³-hybridized carbons (Fsp3) is 0.545. The summed E-state index contributed by atoms with van der Waals surface area (Å²) in [6, 6.07) is 3.64. The molecule has 0 saturated heterocycles. The van der Waals surface area contributed by atoms with Crippen LogP contribution in [0.4, 0.5) is 0 Å². The molecule has 0 radical (unpaired) electrons. The fourth-order valence-electron chi connectivity index (χ4n) is 1.07. The number of nitrogens with zero attached hydrogens (tertiary/aromatic N) is 1. The Morgan fingerprint density at radius 3 is 2.87 bits per heavy atom. The zero-order valence-corrected chi connectivity index (χ0v) is 9.40.